The van der Waals surface area contributed by atoms with Gasteiger partial charge in [-0.1, -0.05) is 36.4 Å². The molecule has 0 aromatic heterocycles. The van der Waals surface area contributed by atoms with Crippen molar-refractivity contribution in [3.05, 3.63) is 94.9 Å². The van der Waals surface area contributed by atoms with Crippen molar-refractivity contribution in [2.75, 3.05) is 19.1 Å². The number of hydrogen-bond acceptors (Lipinski definition) is 6. The normalized spacial score (nSPS) is 14.8. The predicted octanol–water partition coefficient (Wildman–Crippen LogP) is 4.39. The zero-order valence-electron chi connectivity index (χ0n) is 17.0. The lowest BCUT2D eigenvalue weighted by molar-refractivity contribution is 0.0930. The van der Waals surface area contributed by atoms with Crippen molar-refractivity contribution in [2.24, 2.45) is 0 Å². The fourth-order valence-corrected chi connectivity index (χ4v) is 4.06. The maximum absolute atomic E-state index is 13.9. The number of ether oxygens (including phenoxy) is 3. The fourth-order valence-electron chi connectivity index (χ4n) is 4.06. The topological polar surface area (TPSA) is 65.1 Å². The van der Waals surface area contributed by atoms with Gasteiger partial charge in [0.2, 0.25) is 17.3 Å². The maximum Gasteiger partial charge on any atom is 0.235 e. The number of carbonyl (C=O) groups is 2. The van der Waals surface area contributed by atoms with Gasteiger partial charge in [0.25, 0.3) is 0 Å². The Balaban J connectivity index is 1.80. The lowest BCUT2D eigenvalue weighted by Crippen LogP contribution is -2.34. The first kappa shape index (κ1) is 18.9. The minimum atomic E-state index is -0.419. The summed E-state index contributed by atoms with van der Waals surface area (Å²) in [5.41, 5.74) is 2.16. The standard InChI is InChI=1S/C25H19NO5/c1-29-18-12-13-19(30-2)21-20(18)23(27)22-25(24(21)28)31-17-11-7-6-8-15(17)14-26(22)16-9-4-3-5-10-16/h3-13H,14H2,1-2H3. The molecule has 6 nitrogen and oxygen atoms in total. The smallest absolute Gasteiger partial charge is 0.235 e. The van der Waals surface area contributed by atoms with Crippen LogP contribution in [0, 0.1) is 0 Å². The molecule has 2 aliphatic rings. The van der Waals surface area contributed by atoms with Crippen LogP contribution in [0.15, 0.2) is 78.2 Å². The van der Waals surface area contributed by atoms with E-state index in [1.54, 1.807) is 18.2 Å². The monoisotopic (exact) mass is 413 g/mol. The van der Waals surface area contributed by atoms with Crippen LogP contribution >= 0.6 is 0 Å². The third-order valence-electron chi connectivity index (χ3n) is 5.51. The van der Waals surface area contributed by atoms with E-state index in [0.717, 1.165) is 11.3 Å². The number of nitrogens with zero attached hydrogens (tertiary/aromatic N) is 1. The number of para-hydroxylation sites is 2. The molecular weight excluding hydrogens is 394 g/mol. The molecule has 0 atom stereocenters. The van der Waals surface area contributed by atoms with Gasteiger partial charge in [-0.3, -0.25) is 9.59 Å². The average Bonchev–Trinajstić information content (AvgIpc) is 2.99. The average molecular weight is 413 g/mol. The molecule has 0 unspecified atom stereocenters. The van der Waals surface area contributed by atoms with E-state index in [1.165, 1.54) is 14.2 Å². The summed E-state index contributed by atoms with van der Waals surface area (Å²) in [6.07, 6.45) is 0. The molecular formula is C25H19NO5. The first-order chi connectivity index (χ1) is 15.1. The quantitative estimate of drug-likeness (QED) is 0.634. The highest BCUT2D eigenvalue weighted by Gasteiger charge is 2.43. The summed E-state index contributed by atoms with van der Waals surface area (Å²) in [5, 5.41) is 0. The maximum atomic E-state index is 13.9. The first-order valence-corrected chi connectivity index (χ1v) is 9.81. The Morgan fingerprint density at radius 2 is 1.39 bits per heavy atom. The Kier molecular flexibility index (Phi) is 4.47. The Morgan fingerprint density at radius 3 is 2.06 bits per heavy atom. The number of fused-ring (bicyclic) bond motifs is 2. The van der Waals surface area contributed by atoms with E-state index in [1.807, 2.05) is 53.4 Å². The van der Waals surface area contributed by atoms with Crippen molar-refractivity contribution in [1.82, 2.24) is 0 Å². The summed E-state index contributed by atoms with van der Waals surface area (Å²) in [5.74, 6) is 0.372. The number of carbonyl (C=O) groups excluding carboxylic acids is 2. The summed E-state index contributed by atoms with van der Waals surface area (Å²) >= 11 is 0. The van der Waals surface area contributed by atoms with Gasteiger partial charge in [-0.2, -0.15) is 0 Å². The SMILES string of the molecule is COc1ccc(OC)c2c1C(=O)C1=C(C2=O)N(c2ccccc2)Cc2ccccc2O1. The summed E-state index contributed by atoms with van der Waals surface area (Å²) in [4.78, 5) is 29.4. The van der Waals surface area contributed by atoms with E-state index in [9.17, 15) is 9.59 Å². The lowest BCUT2D eigenvalue weighted by atomic mass is 9.88. The second kappa shape index (κ2) is 7.32. The minimum Gasteiger partial charge on any atom is -0.496 e. The highest BCUT2D eigenvalue weighted by atomic mass is 16.5. The number of methoxy groups -OCH3 is 2. The van der Waals surface area contributed by atoms with Gasteiger partial charge >= 0.3 is 0 Å². The summed E-state index contributed by atoms with van der Waals surface area (Å²) in [6, 6.07) is 20.2. The van der Waals surface area contributed by atoms with Crippen LogP contribution < -0.4 is 19.1 Å². The second-order valence-corrected chi connectivity index (χ2v) is 7.19. The van der Waals surface area contributed by atoms with Crippen LogP contribution in [0.5, 0.6) is 17.2 Å². The van der Waals surface area contributed by atoms with E-state index < -0.39 is 5.78 Å². The Morgan fingerprint density at radius 1 is 0.774 bits per heavy atom. The molecule has 0 radical (unpaired) electrons. The molecule has 3 aromatic rings. The molecule has 1 heterocycles. The Labute approximate surface area is 179 Å². The Hall–Kier alpha value is -4.06. The van der Waals surface area contributed by atoms with E-state index >= 15 is 0 Å². The van der Waals surface area contributed by atoms with Gasteiger partial charge in [0, 0.05) is 11.3 Å². The molecule has 0 amide bonds. The highest BCUT2D eigenvalue weighted by molar-refractivity contribution is 6.29. The molecule has 31 heavy (non-hydrogen) atoms. The van der Waals surface area contributed by atoms with Crippen LogP contribution in [-0.2, 0) is 6.54 Å². The van der Waals surface area contributed by atoms with Gasteiger partial charge < -0.3 is 19.1 Å². The van der Waals surface area contributed by atoms with Crippen molar-refractivity contribution in [2.45, 2.75) is 6.54 Å². The predicted molar refractivity (Wildman–Crippen MR) is 115 cm³/mol. The number of hydrogen-bond donors (Lipinski definition) is 0. The van der Waals surface area contributed by atoms with Gasteiger partial charge in [0.15, 0.2) is 0 Å². The number of rotatable bonds is 3. The molecule has 0 N–H and O–H groups in total. The fraction of sp³-hybridized carbons (Fsp3) is 0.120. The Bertz CT molecular complexity index is 1250. The highest BCUT2D eigenvalue weighted by Crippen LogP contribution is 2.43. The molecule has 0 fully saturated rings. The van der Waals surface area contributed by atoms with Crippen LogP contribution in [0.1, 0.15) is 26.3 Å². The zero-order chi connectivity index (χ0) is 21.5. The van der Waals surface area contributed by atoms with Crippen LogP contribution in [0.3, 0.4) is 0 Å². The number of benzene rings is 3. The van der Waals surface area contributed by atoms with E-state index in [-0.39, 0.29) is 28.4 Å². The van der Waals surface area contributed by atoms with Gasteiger partial charge in [0.1, 0.15) is 22.9 Å². The van der Waals surface area contributed by atoms with E-state index in [0.29, 0.717) is 23.8 Å². The molecule has 0 bridgehead atoms. The molecule has 1 aliphatic carbocycles. The first-order valence-electron chi connectivity index (χ1n) is 9.81. The molecule has 154 valence electrons. The van der Waals surface area contributed by atoms with Crippen molar-refractivity contribution in [1.29, 1.82) is 0 Å². The van der Waals surface area contributed by atoms with E-state index in [2.05, 4.69) is 0 Å². The van der Waals surface area contributed by atoms with Crippen molar-refractivity contribution in [3.63, 3.8) is 0 Å². The van der Waals surface area contributed by atoms with Gasteiger partial charge in [-0.15, -0.1) is 0 Å². The molecule has 0 saturated carbocycles. The van der Waals surface area contributed by atoms with Crippen molar-refractivity contribution in [3.8, 4) is 17.2 Å². The van der Waals surface area contributed by atoms with Gasteiger partial charge in [0.05, 0.1) is 31.9 Å². The van der Waals surface area contributed by atoms with Gasteiger partial charge in [-0.25, -0.2) is 0 Å². The van der Waals surface area contributed by atoms with Crippen LogP contribution in [0.25, 0.3) is 0 Å². The molecule has 3 aromatic carbocycles. The largest absolute Gasteiger partial charge is 0.496 e. The lowest BCUT2D eigenvalue weighted by Gasteiger charge is -2.29. The second-order valence-electron chi connectivity index (χ2n) is 7.19. The third kappa shape index (κ3) is 2.87. The molecule has 1 aliphatic heterocycles. The van der Waals surface area contributed by atoms with Crippen LogP contribution in [0.4, 0.5) is 5.69 Å². The number of ketones is 2. The number of Topliss-reactive ketones (excluding diaryl/α,β-unsaturated/α-hetero) is 2. The number of allylic oxidation sites excluding steroid dienone is 2. The summed E-state index contributed by atoms with van der Waals surface area (Å²) in [6.45, 7) is 0.375. The van der Waals surface area contributed by atoms with Crippen LogP contribution in [0.2, 0.25) is 0 Å². The molecule has 6 heteroatoms. The minimum absolute atomic E-state index is 0.0159. The zero-order valence-corrected chi connectivity index (χ0v) is 17.0. The summed E-state index contributed by atoms with van der Waals surface area (Å²) in [7, 11) is 2.93. The third-order valence-corrected chi connectivity index (χ3v) is 5.51. The summed E-state index contributed by atoms with van der Waals surface area (Å²) < 4.78 is 16.9. The number of anilines is 1. The molecule has 0 spiro atoms. The van der Waals surface area contributed by atoms with E-state index in [4.69, 9.17) is 14.2 Å². The van der Waals surface area contributed by atoms with Crippen LogP contribution in [-0.4, -0.2) is 25.8 Å². The van der Waals surface area contributed by atoms with Gasteiger partial charge in [-0.05, 0) is 30.3 Å². The molecule has 5 rings (SSSR count). The van der Waals surface area contributed by atoms with Crippen molar-refractivity contribution >= 4 is 17.3 Å². The van der Waals surface area contributed by atoms with Crippen molar-refractivity contribution < 1.29 is 23.8 Å². The molecule has 0 saturated heterocycles.